The van der Waals surface area contributed by atoms with Gasteiger partial charge in [-0.15, -0.1) is 0 Å². The van der Waals surface area contributed by atoms with Gasteiger partial charge < -0.3 is 10.5 Å². The Morgan fingerprint density at radius 3 is 2.58 bits per heavy atom. The lowest BCUT2D eigenvalue weighted by molar-refractivity contribution is 0.0799. The fraction of sp³-hybridized carbons (Fsp3) is 0.538. The summed E-state index contributed by atoms with van der Waals surface area (Å²) in [5, 5.41) is 0. The molecular weight excluding hydrogens is 264 g/mol. The number of hydrogen-bond acceptors (Lipinski definition) is 4. The van der Waals surface area contributed by atoms with E-state index in [1.807, 2.05) is 13.8 Å². The van der Waals surface area contributed by atoms with Crippen LogP contribution in [0.1, 0.15) is 25.0 Å². The molecule has 1 aromatic rings. The van der Waals surface area contributed by atoms with Crippen LogP contribution in [0.4, 0.5) is 5.69 Å². The summed E-state index contributed by atoms with van der Waals surface area (Å²) in [5.41, 5.74) is 7.51. The summed E-state index contributed by atoms with van der Waals surface area (Å²) in [7, 11) is -3.57. The number of ether oxygens (including phenoxy) is 1. The van der Waals surface area contributed by atoms with Crippen LogP contribution >= 0.6 is 0 Å². The minimum atomic E-state index is -3.57. The van der Waals surface area contributed by atoms with Gasteiger partial charge in [0.05, 0.1) is 11.0 Å². The van der Waals surface area contributed by atoms with E-state index in [2.05, 4.69) is 4.72 Å². The molecule has 5 nitrogen and oxygen atoms in total. The minimum absolute atomic E-state index is 0.165. The van der Waals surface area contributed by atoms with E-state index in [-0.39, 0.29) is 17.5 Å². The molecule has 0 saturated heterocycles. The van der Waals surface area contributed by atoms with Gasteiger partial charge in [0.25, 0.3) is 0 Å². The number of benzene rings is 1. The molecule has 0 spiro atoms. The molecule has 0 amide bonds. The summed E-state index contributed by atoms with van der Waals surface area (Å²) < 4.78 is 32.5. The number of aryl methyl sites for hydroxylation is 1. The summed E-state index contributed by atoms with van der Waals surface area (Å²) in [5.74, 6) is 0. The van der Waals surface area contributed by atoms with Gasteiger partial charge in [0.2, 0.25) is 10.0 Å². The number of rotatable bonds is 6. The highest BCUT2D eigenvalue weighted by Gasteiger charge is 2.21. The Kier molecular flexibility index (Phi) is 5.34. The maximum Gasteiger partial charge on any atom is 0.241 e. The molecule has 0 aliphatic carbocycles. The highest BCUT2D eigenvalue weighted by molar-refractivity contribution is 7.89. The third kappa shape index (κ3) is 3.92. The quantitative estimate of drug-likeness (QED) is 0.778. The predicted molar refractivity (Wildman–Crippen MR) is 76.6 cm³/mol. The topological polar surface area (TPSA) is 81.4 Å². The largest absolute Gasteiger partial charge is 0.398 e. The molecule has 0 radical (unpaired) electrons. The lowest BCUT2D eigenvalue weighted by Crippen LogP contribution is -2.33. The van der Waals surface area contributed by atoms with E-state index in [0.717, 1.165) is 0 Å². The molecule has 0 aliphatic heterocycles. The Bertz CT molecular complexity index is 541. The van der Waals surface area contributed by atoms with Gasteiger partial charge in [-0.25, -0.2) is 13.1 Å². The molecule has 0 aliphatic rings. The fourth-order valence-corrected chi connectivity index (χ4v) is 3.51. The monoisotopic (exact) mass is 286 g/mol. The van der Waals surface area contributed by atoms with E-state index in [0.29, 0.717) is 23.4 Å². The molecule has 3 N–H and O–H groups in total. The van der Waals surface area contributed by atoms with Crippen molar-refractivity contribution < 1.29 is 13.2 Å². The number of nitrogen functional groups attached to an aromatic ring is 1. The fourth-order valence-electron chi connectivity index (χ4n) is 1.90. The van der Waals surface area contributed by atoms with Gasteiger partial charge in [0, 0.05) is 18.8 Å². The van der Waals surface area contributed by atoms with E-state index < -0.39 is 10.0 Å². The van der Waals surface area contributed by atoms with Gasteiger partial charge in [-0.1, -0.05) is 6.07 Å². The van der Waals surface area contributed by atoms with E-state index in [1.54, 1.807) is 26.0 Å². The Labute approximate surface area is 115 Å². The van der Waals surface area contributed by atoms with Crippen LogP contribution in [-0.2, 0) is 14.8 Å². The smallest absolute Gasteiger partial charge is 0.241 e. The normalized spacial score (nSPS) is 13.5. The average molecular weight is 286 g/mol. The van der Waals surface area contributed by atoms with Crippen molar-refractivity contribution in [1.29, 1.82) is 0 Å². The van der Waals surface area contributed by atoms with Gasteiger partial charge >= 0.3 is 0 Å². The molecule has 1 atom stereocenters. The molecule has 19 heavy (non-hydrogen) atoms. The SMILES string of the molecule is CCOC(C)CNS(=O)(=O)c1c(C)ccc(N)c1C. The highest BCUT2D eigenvalue weighted by Crippen LogP contribution is 2.24. The molecule has 6 heteroatoms. The minimum Gasteiger partial charge on any atom is -0.398 e. The van der Waals surface area contributed by atoms with Crippen molar-refractivity contribution in [3.63, 3.8) is 0 Å². The van der Waals surface area contributed by atoms with Crippen molar-refractivity contribution in [2.45, 2.75) is 38.7 Å². The van der Waals surface area contributed by atoms with Crippen LogP contribution in [0.25, 0.3) is 0 Å². The van der Waals surface area contributed by atoms with E-state index in [1.165, 1.54) is 0 Å². The third-order valence-electron chi connectivity index (χ3n) is 2.93. The van der Waals surface area contributed by atoms with Gasteiger partial charge in [0.15, 0.2) is 0 Å². The molecule has 0 bridgehead atoms. The number of hydrogen-bond donors (Lipinski definition) is 2. The summed E-state index contributed by atoms with van der Waals surface area (Å²) in [6.45, 7) is 7.96. The van der Waals surface area contributed by atoms with Gasteiger partial charge in [0.1, 0.15) is 0 Å². The van der Waals surface area contributed by atoms with E-state index in [4.69, 9.17) is 10.5 Å². The first-order valence-electron chi connectivity index (χ1n) is 6.26. The van der Waals surface area contributed by atoms with Crippen molar-refractivity contribution in [2.75, 3.05) is 18.9 Å². The van der Waals surface area contributed by atoms with Crippen molar-refractivity contribution in [3.05, 3.63) is 23.3 Å². The number of anilines is 1. The Morgan fingerprint density at radius 1 is 1.37 bits per heavy atom. The maximum atomic E-state index is 12.3. The molecule has 1 aromatic carbocycles. The first-order chi connectivity index (χ1) is 8.79. The molecule has 1 unspecified atom stereocenters. The molecule has 0 saturated carbocycles. The van der Waals surface area contributed by atoms with Crippen LogP contribution in [0.5, 0.6) is 0 Å². The standard InChI is InChI=1S/C13H22N2O3S/c1-5-18-10(3)8-15-19(16,17)13-9(2)6-7-12(14)11(13)4/h6-7,10,15H,5,8,14H2,1-4H3. The third-order valence-corrected chi connectivity index (χ3v) is 4.64. The molecular formula is C13H22N2O3S. The zero-order valence-electron chi connectivity index (χ0n) is 11.9. The lowest BCUT2D eigenvalue weighted by atomic mass is 10.1. The van der Waals surface area contributed by atoms with Crippen molar-refractivity contribution >= 4 is 15.7 Å². The highest BCUT2D eigenvalue weighted by atomic mass is 32.2. The van der Waals surface area contributed by atoms with Crippen molar-refractivity contribution in [3.8, 4) is 0 Å². The van der Waals surface area contributed by atoms with Crippen LogP contribution in [0.3, 0.4) is 0 Å². The van der Waals surface area contributed by atoms with Gasteiger partial charge in [-0.2, -0.15) is 0 Å². The van der Waals surface area contributed by atoms with E-state index in [9.17, 15) is 8.42 Å². The second-order valence-electron chi connectivity index (χ2n) is 4.54. The number of sulfonamides is 1. The Hall–Kier alpha value is -1.11. The van der Waals surface area contributed by atoms with E-state index >= 15 is 0 Å². The first kappa shape index (κ1) is 15.9. The second-order valence-corrected chi connectivity index (χ2v) is 6.25. The molecule has 0 fully saturated rings. The maximum absolute atomic E-state index is 12.3. The molecule has 0 aromatic heterocycles. The predicted octanol–water partition coefficient (Wildman–Crippen LogP) is 1.59. The molecule has 1 rings (SSSR count). The van der Waals surface area contributed by atoms with Gasteiger partial charge in [-0.3, -0.25) is 0 Å². The van der Waals surface area contributed by atoms with Crippen molar-refractivity contribution in [1.82, 2.24) is 4.72 Å². The first-order valence-corrected chi connectivity index (χ1v) is 7.74. The lowest BCUT2D eigenvalue weighted by Gasteiger charge is -2.16. The molecule has 0 heterocycles. The summed E-state index contributed by atoms with van der Waals surface area (Å²) >= 11 is 0. The van der Waals surface area contributed by atoms with Crippen LogP contribution in [0, 0.1) is 13.8 Å². The number of nitrogens with two attached hydrogens (primary N) is 1. The zero-order chi connectivity index (χ0) is 14.6. The van der Waals surface area contributed by atoms with Gasteiger partial charge in [-0.05, 0) is 44.9 Å². The van der Waals surface area contributed by atoms with Crippen LogP contribution in [0.15, 0.2) is 17.0 Å². The van der Waals surface area contributed by atoms with Crippen LogP contribution in [-0.4, -0.2) is 27.7 Å². The number of nitrogens with one attached hydrogen (secondary N) is 1. The summed E-state index contributed by atoms with van der Waals surface area (Å²) in [6, 6.07) is 3.43. The van der Waals surface area contributed by atoms with Crippen LogP contribution in [0.2, 0.25) is 0 Å². The second kappa shape index (κ2) is 6.36. The molecule has 108 valence electrons. The summed E-state index contributed by atoms with van der Waals surface area (Å²) in [6.07, 6.45) is -0.165. The van der Waals surface area contributed by atoms with Crippen LogP contribution < -0.4 is 10.5 Å². The average Bonchev–Trinajstić information content (AvgIpc) is 2.32. The summed E-state index contributed by atoms with van der Waals surface area (Å²) in [4.78, 5) is 0.260. The Morgan fingerprint density at radius 2 is 2.00 bits per heavy atom. The Balaban J connectivity index is 2.98. The zero-order valence-corrected chi connectivity index (χ0v) is 12.7. The van der Waals surface area contributed by atoms with Crippen molar-refractivity contribution in [2.24, 2.45) is 0 Å².